The van der Waals surface area contributed by atoms with Gasteiger partial charge in [0.1, 0.15) is 22.8 Å². The van der Waals surface area contributed by atoms with E-state index in [2.05, 4.69) is 5.32 Å². The van der Waals surface area contributed by atoms with E-state index in [1.165, 1.54) is 4.57 Å². The fourth-order valence-electron chi connectivity index (χ4n) is 5.58. The molecule has 0 aliphatic carbocycles. The van der Waals surface area contributed by atoms with Crippen molar-refractivity contribution in [3.8, 4) is 0 Å². The molecule has 1 aromatic heterocycles. The van der Waals surface area contributed by atoms with Gasteiger partial charge in [-0.2, -0.15) is 0 Å². The first-order chi connectivity index (χ1) is 13.9. The lowest BCUT2D eigenvalue weighted by atomic mass is 9.58. The summed E-state index contributed by atoms with van der Waals surface area (Å²) in [6.45, 7) is 1.82. The zero-order valence-corrected chi connectivity index (χ0v) is 16.0. The highest BCUT2D eigenvalue weighted by atomic mass is 16.2. The van der Waals surface area contributed by atoms with Crippen molar-refractivity contribution in [2.45, 2.75) is 30.3 Å². The van der Waals surface area contributed by atoms with Crippen molar-refractivity contribution in [1.82, 2.24) is 14.9 Å². The molecule has 3 atom stereocenters. The second kappa shape index (κ2) is 4.92. The number of piperidine rings is 1. The number of hydrogen-bond acceptors (Lipinski definition) is 4. The van der Waals surface area contributed by atoms with Crippen LogP contribution in [0.4, 0.5) is 5.69 Å². The molecule has 2 aromatic carbocycles. The Balaban J connectivity index is 1.75. The predicted octanol–water partition coefficient (Wildman–Crippen LogP) is 1.60. The largest absolute Gasteiger partial charge is 0.340 e. The van der Waals surface area contributed by atoms with Crippen LogP contribution in [0.2, 0.25) is 0 Å². The quantitative estimate of drug-likeness (QED) is 0.636. The molecule has 0 unspecified atom stereocenters. The van der Waals surface area contributed by atoms with Gasteiger partial charge in [0.15, 0.2) is 0 Å². The van der Waals surface area contributed by atoms with E-state index in [1.54, 1.807) is 30.1 Å². The Bertz CT molecular complexity index is 1330. The topological polar surface area (TPSA) is 84.3 Å². The van der Waals surface area contributed by atoms with Gasteiger partial charge in [-0.05, 0) is 37.1 Å². The lowest BCUT2D eigenvalue weighted by Crippen LogP contribution is -2.73. The first kappa shape index (κ1) is 16.5. The maximum atomic E-state index is 13.7. The molecule has 2 bridgehead atoms. The van der Waals surface area contributed by atoms with E-state index < -0.39 is 17.0 Å². The van der Waals surface area contributed by atoms with E-state index in [0.717, 1.165) is 11.3 Å². The molecule has 5 heterocycles. The molecule has 1 saturated heterocycles. The Morgan fingerprint density at radius 2 is 1.79 bits per heavy atom. The van der Waals surface area contributed by atoms with E-state index in [1.807, 2.05) is 37.3 Å². The molecule has 3 aromatic rings. The van der Waals surface area contributed by atoms with Crippen LogP contribution in [0.5, 0.6) is 0 Å². The van der Waals surface area contributed by atoms with E-state index in [0.29, 0.717) is 16.7 Å². The number of para-hydroxylation sites is 2. The minimum absolute atomic E-state index is 0.0835. The number of fused-ring (bicyclic) bond motifs is 3. The minimum Gasteiger partial charge on any atom is -0.340 e. The van der Waals surface area contributed by atoms with Crippen LogP contribution in [-0.4, -0.2) is 28.4 Å². The van der Waals surface area contributed by atoms with Crippen molar-refractivity contribution >= 4 is 28.4 Å². The zero-order valence-electron chi connectivity index (χ0n) is 16.0. The summed E-state index contributed by atoms with van der Waals surface area (Å²) in [6, 6.07) is 14.0. The third kappa shape index (κ3) is 1.62. The molecule has 1 N–H and O–H groups in total. The van der Waals surface area contributed by atoms with Crippen molar-refractivity contribution < 1.29 is 9.59 Å². The third-order valence-electron chi connectivity index (χ3n) is 6.99. The summed E-state index contributed by atoms with van der Waals surface area (Å²) in [7, 11) is 1.75. The summed E-state index contributed by atoms with van der Waals surface area (Å²) in [5, 5.41) is 3.53. The van der Waals surface area contributed by atoms with Gasteiger partial charge in [0.05, 0.1) is 10.9 Å². The first-order valence-electron chi connectivity index (χ1n) is 9.61. The number of carbonyl (C=O) groups excluding carboxylic acids is 2. The number of amides is 2. The predicted molar refractivity (Wildman–Crippen MR) is 107 cm³/mol. The Morgan fingerprint density at radius 1 is 1.07 bits per heavy atom. The highest BCUT2D eigenvalue weighted by Gasteiger charge is 2.70. The molecule has 29 heavy (non-hydrogen) atoms. The second-order valence-corrected chi connectivity index (χ2v) is 8.25. The SMILES string of the molecule is CN1C(=O)[C@]2(C[C@H]3C(=O)N[C@@]2(C)c2nc4ccccc4c(=O)n23)c2ccccc21. The average Bonchev–Trinajstić information content (AvgIpc) is 2.93. The van der Waals surface area contributed by atoms with Crippen molar-refractivity contribution in [3.63, 3.8) is 0 Å². The van der Waals surface area contributed by atoms with E-state index in [-0.39, 0.29) is 23.8 Å². The van der Waals surface area contributed by atoms with Gasteiger partial charge in [-0.1, -0.05) is 30.3 Å². The zero-order chi connectivity index (χ0) is 20.1. The van der Waals surface area contributed by atoms with Gasteiger partial charge in [-0.25, -0.2) is 4.98 Å². The molecule has 1 spiro atoms. The number of nitrogens with zero attached hydrogens (tertiary/aromatic N) is 3. The van der Waals surface area contributed by atoms with Gasteiger partial charge in [0.2, 0.25) is 11.8 Å². The van der Waals surface area contributed by atoms with Crippen LogP contribution in [0.3, 0.4) is 0 Å². The molecule has 7 heteroatoms. The van der Waals surface area contributed by atoms with Crippen LogP contribution in [0.1, 0.15) is 30.8 Å². The maximum absolute atomic E-state index is 13.7. The van der Waals surface area contributed by atoms with E-state index >= 15 is 0 Å². The van der Waals surface area contributed by atoms with Crippen molar-refractivity contribution in [1.29, 1.82) is 0 Å². The number of likely N-dealkylation sites (N-methyl/N-ethyl adjacent to an activating group) is 1. The fraction of sp³-hybridized carbons (Fsp3) is 0.273. The van der Waals surface area contributed by atoms with Gasteiger partial charge in [-0.15, -0.1) is 0 Å². The molecule has 7 nitrogen and oxygen atoms in total. The average molecular weight is 386 g/mol. The van der Waals surface area contributed by atoms with Gasteiger partial charge in [0.25, 0.3) is 5.56 Å². The normalized spacial score (nSPS) is 29.3. The molecule has 2 amide bonds. The van der Waals surface area contributed by atoms with Gasteiger partial charge in [-0.3, -0.25) is 19.0 Å². The molecule has 4 aliphatic rings. The molecule has 7 rings (SSSR count). The Labute approximate surface area is 166 Å². The third-order valence-corrected chi connectivity index (χ3v) is 6.99. The monoisotopic (exact) mass is 386 g/mol. The van der Waals surface area contributed by atoms with Gasteiger partial charge < -0.3 is 10.2 Å². The molecule has 144 valence electrons. The number of anilines is 1. The van der Waals surface area contributed by atoms with Crippen LogP contribution in [0.25, 0.3) is 10.9 Å². The second-order valence-electron chi connectivity index (χ2n) is 8.25. The highest BCUT2D eigenvalue weighted by Crippen LogP contribution is 2.59. The van der Waals surface area contributed by atoms with Crippen molar-refractivity contribution in [2.24, 2.45) is 0 Å². The Morgan fingerprint density at radius 3 is 2.62 bits per heavy atom. The van der Waals surface area contributed by atoms with Gasteiger partial charge >= 0.3 is 0 Å². The smallest absolute Gasteiger partial charge is 0.262 e. The van der Waals surface area contributed by atoms with Crippen LogP contribution in [-0.2, 0) is 20.5 Å². The fourth-order valence-corrected chi connectivity index (χ4v) is 5.58. The van der Waals surface area contributed by atoms with E-state index in [4.69, 9.17) is 4.98 Å². The number of benzene rings is 2. The Kier molecular flexibility index (Phi) is 2.79. The summed E-state index contributed by atoms with van der Waals surface area (Å²) < 4.78 is 1.50. The standard InChI is InChI=1S/C22H18N4O3/c1-21-19-23-14-9-5-3-7-12(14)18(28)26(19)16(17(27)24-21)11-22(21)13-8-4-6-10-15(13)25(2)20(22)29/h3-10,16H,11H2,1-2H3,(H,24,27)/t16-,21-,22-/m0/s1. The Hall–Kier alpha value is -3.48. The number of nitrogens with one attached hydrogen (secondary N) is 1. The van der Waals surface area contributed by atoms with Gasteiger partial charge in [0, 0.05) is 12.7 Å². The molecular formula is C22H18N4O3. The molecule has 1 fully saturated rings. The summed E-state index contributed by atoms with van der Waals surface area (Å²) >= 11 is 0. The lowest BCUT2D eigenvalue weighted by Gasteiger charge is -2.55. The maximum Gasteiger partial charge on any atom is 0.262 e. The van der Waals surface area contributed by atoms with Crippen molar-refractivity contribution in [3.05, 3.63) is 70.3 Å². The summed E-state index contributed by atoms with van der Waals surface area (Å²) in [4.78, 5) is 46.3. The van der Waals surface area contributed by atoms with E-state index in [9.17, 15) is 14.4 Å². The van der Waals surface area contributed by atoms with Crippen LogP contribution in [0.15, 0.2) is 53.3 Å². The summed E-state index contributed by atoms with van der Waals surface area (Å²) in [6.07, 6.45) is 0.239. The molecular weight excluding hydrogens is 368 g/mol. The number of aromatic nitrogens is 2. The minimum atomic E-state index is -1.14. The first-order valence-corrected chi connectivity index (χ1v) is 9.61. The van der Waals surface area contributed by atoms with Crippen LogP contribution >= 0.6 is 0 Å². The summed E-state index contributed by atoms with van der Waals surface area (Å²) in [5.41, 5.74) is -0.116. The summed E-state index contributed by atoms with van der Waals surface area (Å²) in [5.74, 6) is 0.111. The number of rotatable bonds is 0. The highest BCUT2D eigenvalue weighted by molar-refractivity contribution is 6.10. The molecule has 0 radical (unpaired) electrons. The van der Waals surface area contributed by atoms with Crippen LogP contribution in [0, 0.1) is 0 Å². The molecule has 4 aliphatic heterocycles. The van der Waals surface area contributed by atoms with Crippen LogP contribution < -0.4 is 15.8 Å². The van der Waals surface area contributed by atoms with Crippen molar-refractivity contribution in [2.75, 3.05) is 11.9 Å². The lowest BCUT2D eigenvalue weighted by molar-refractivity contribution is -0.143. The molecule has 0 saturated carbocycles. The number of carbonyl (C=O) groups is 2. The number of hydrogen-bond donors (Lipinski definition) is 1.